The molecule has 2 aromatic rings. The van der Waals surface area contributed by atoms with Crippen molar-refractivity contribution in [1.29, 1.82) is 0 Å². The van der Waals surface area contributed by atoms with Gasteiger partial charge in [-0.2, -0.15) is 4.31 Å². The van der Waals surface area contributed by atoms with E-state index in [4.69, 9.17) is 0 Å². The minimum Gasteiger partial charge on any atom is -0.352 e. The number of nitrogens with one attached hydrogen (secondary N) is 1. The third-order valence-corrected chi connectivity index (χ3v) is 7.34. The predicted octanol–water partition coefficient (Wildman–Crippen LogP) is 3.09. The van der Waals surface area contributed by atoms with Gasteiger partial charge in [-0.1, -0.05) is 36.8 Å². The van der Waals surface area contributed by atoms with Crippen LogP contribution in [-0.2, 0) is 26.2 Å². The fourth-order valence-electron chi connectivity index (χ4n) is 3.09. The number of sulfonamides is 1. The monoisotopic (exact) mass is 477 g/mol. The Bertz CT molecular complexity index is 1060. The Hall–Kier alpha value is -2.78. The summed E-state index contributed by atoms with van der Waals surface area (Å²) in [6.07, 6.45) is 0.724. The third kappa shape index (κ3) is 7.10. The van der Waals surface area contributed by atoms with Crippen molar-refractivity contribution in [1.82, 2.24) is 14.5 Å². The van der Waals surface area contributed by atoms with Crippen molar-refractivity contribution in [2.45, 2.75) is 57.6 Å². The fraction of sp³-hybridized carbons (Fsp3) is 0.417. The van der Waals surface area contributed by atoms with Crippen LogP contribution < -0.4 is 5.32 Å². The lowest BCUT2D eigenvalue weighted by Gasteiger charge is -2.31. The molecule has 0 radical (unpaired) electrons. The molecule has 0 aliphatic rings. The van der Waals surface area contributed by atoms with Crippen molar-refractivity contribution in [3.05, 3.63) is 65.5 Å². The molecule has 0 aliphatic heterocycles. The predicted molar refractivity (Wildman–Crippen MR) is 125 cm³/mol. The number of benzene rings is 2. The van der Waals surface area contributed by atoms with E-state index in [-0.39, 0.29) is 23.4 Å². The van der Waals surface area contributed by atoms with Gasteiger partial charge in [0.15, 0.2) is 0 Å². The highest BCUT2D eigenvalue weighted by Gasteiger charge is 2.30. The average molecular weight is 478 g/mol. The smallest absolute Gasteiger partial charge is 0.243 e. The zero-order chi connectivity index (χ0) is 24.8. The molecule has 1 N–H and O–H groups in total. The van der Waals surface area contributed by atoms with E-state index in [0.717, 1.165) is 16.3 Å². The normalized spacial score (nSPS) is 13.4. The van der Waals surface area contributed by atoms with Crippen LogP contribution in [0.5, 0.6) is 0 Å². The molecule has 0 heterocycles. The fourth-order valence-corrected chi connectivity index (χ4v) is 4.21. The number of carbonyl (C=O) groups is 2. The lowest BCUT2D eigenvalue weighted by atomic mass is 10.1. The van der Waals surface area contributed by atoms with Crippen molar-refractivity contribution in [2.24, 2.45) is 0 Å². The molecule has 7 nitrogen and oxygen atoms in total. The van der Waals surface area contributed by atoms with Crippen molar-refractivity contribution < 1.29 is 22.4 Å². The summed E-state index contributed by atoms with van der Waals surface area (Å²) in [5.74, 6) is -1.30. The van der Waals surface area contributed by atoms with Gasteiger partial charge in [0.2, 0.25) is 21.8 Å². The van der Waals surface area contributed by atoms with Crippen molar-refractivity contribution in [3.8, 4) is 0 Å². The van der Waals surface area contributed by atoms with E-state index >= 15 is 0 Å². The Kier molecular flexibility index (Phi) is 9.13. The third-order valence-electron chi connectivity index (χ3n) is 5.52. The maximum absolute atomic E-state index is 13.3. The molecule has 2 amide bonds. The van der Waals surface area contributed by atoms with Gasteiger partial charge in [-0.15, -0.1) is 0 Å². The van der Waals surface area contributed by atoms with Gasteiger partial charge < -0.3 is 10.2 Å². The molecule has 0 saturated heterocycles. The highest BCUT2D eigenvalue weighted by molar-refractivity contribution is 7.89. The van der Waals surface area contributed by atoms with Crippen molar-refractivity contribution in [3.63, 3.8) is 0 Å². The second-order valence-corrected chi connectivity index (χ2v) is 10.3. The van der Waals surface area contributed by atoms with Crippen LogP contribution in [0.4, 0.5) is 4.39 Å². The summed E-state index contributed by atoms with van der Waals surface area (Å²) in [6.45, 7) is 6.82. The van der Waals surface area contributed by atoms with Gasteiger partial charge in [0.25, 0.3) is 0 Å². The van der Waals surface area contributed by atoms with Gasteiger partial charge in [0, 0.05) is 19.6 Å². The molecular weight excluding hydrogens is 445 g/mol. The summed E-state index contributed by atoms with van der Waals surface area (Å²) in [4.78, 5) is 27.4. The van der Waals surface area contributed by atoms with Crippen LogP contribution in [0.25, 0.3) is 0 Å². The van der Waals surface area contributed by atoms with E-state index in [0.29, 0.717) is 5.56 Å². The van der Waals surface area contributed by atoms with Crippen molar-refractivity contribution >= 4 is 21.8 Å². The quantitative estimate of drug-likeness (QED) is 0.570. The molecule has 180 valence electrons. The molecule has 2 rings (SSSR count). The van der Waals surface area contributed by atoms with E-state index < -0.39 is 34.3 Å². The largest absolute Gasteiger partial charge is 0.352 e. The molecule has 0 bridgehead atoms. The molecule has 9 heteroatoms. The first-order chi connectivity index (χ1) is 15.4. The standard InChI is InChI=1S/C24H32FN3O4S/c1-6-18(3)26-24(30)19(4)28(15-20-9-11-21(25)12-10-20)23(29)16-27(5)33(31,32)22-13-7-17(2)8-14-22/h7-14,18-19H,6,15-16H2,1-5H3,(H,26,30)/t18-,19-/m0/s1. The van der Waals surface area contributed by atoms with E-state index in [2.05, 4.69) is 5.32 Å². The van der Waals surface area contributed by atoms with Crippen LogP contribution in [0.3, 0.4) is 0 Å². The van der Waals surface area contributed by atoms with E-state index in [1.54, 1.807) is 19.1 Å². The lowest BCUT2D eigenvalue weighted by molar-refractivity contribution is -0.140. The first-order valence-corrected chi connectivity index (χ1v) is 12.3. The topological polar surface area (TPSA) is 86.8 Å². The first-order valence-electron chi connectivity index (χ1n) is 10.8. The molecule has 2 aromatic carbocycles. The first kappa shape index (κ1) is 26.5. The number of hydrogen-bond acceptors (Lipinski definition) is 4. The number of carbonyl (C=O) groups excluding carboxylic acids is 2. The highest BCUT2D eigenvalue weighted by Crippen LogP contribution is 2.17. The van der Waals surface area contributed by atoms with Gasteiger partial charge in [0.1, 0.15) is 11.9 Å². The highest BCUT2D eigenvalue weighted by atomic mass is 32.2. The summed E-state index contributed by atoms with van der Waals surface area (Å²) < 4.78 is 40.1. The average Bonchev–Trinajstić information content (AvgIpc) is 2.78. The summed E-state index contributed by atoms with van der Waals surface area (Å²) in [5.41, 5.74) is 1.54. The van der Waals surface area contributed by atoms with Gasteiger partial charge in [0.05, 0.1) is 11.4 Å². The Morgan fingerprint density at radius 2 is 1.61 bits per heavy atom. The Morgan fingerprint density at radius 3 is 2.15 bits per heavy atom. The molecule has 0 saturated carbocycles. The number of rotatable bonds is 10. The molecule has 33 heavy (non-hydrogen) atoms. The van der Waals surface area contributed by atoms with E-state index in [9.17, 15) is 22.4 Å². The van der Waals surface area contributed by atoms with Crippen LogP contribution in [-0.4, -0.2) is 55.1 Å². The zero-order valence-corrected chi connectivity index (χ0v) is 20.5. The Balaban J connectivity index is 2.26. The Labute approximate surface area is 195 Å². The van der Waals surface area contributed by atoms with Gasteiger partial charge in [-0.25, -0.2) is 12.8 Å². The molecule has 2 atom stereocenters. The van der Waals surface area contributed by atoms with Gasteiger partial charge in [-0.3, -0.25) is 9.59 Å². The molecule has 0 aliphatic carbocycles. The second kappa shape index (κ2) is 11.4. The van der Waals surface area contributed by atoms with Crippen LogP contribution in [0.1, 0.15) is 38.3 Å². The number of halogens is 1. The number of hydrogen-bond donors (Lipinski definition) is 1. The molecule has 0 aromatic heterocycles. The number of likely N-dealkylation sites (N-methyl/N-ethyl adjacent to an activating group) is 1. The summed E-state index contributed by atoms with van der Waals surface area (Å²) >= 11 is 0. The Morgan fingerprint density at radius 1 is 1.03 bits per heavy atom. The maximum atomic E-state index is 13.3. The minimum atomic E-state index is -3.90. The van der Waals surface area contributed by atoms with Crippen LogP contribution in [0.2, 0.25) is 0 Å². The summed E-state index contributed by atoms with van der Waals surface area (Å²) in [7, 11) is -2.57. The van der Waals surface area contributed by atoms with Crippen LogP contribution in [0.15, 0.2) is 53.4 Å². The van der Waals surface area contributed by atoms with E-state index in [1.165, 1.54) is 48.3 Å². The van der Waals surface area contributed by atoms with Crippen molar-refractivity contribution in [2.75, 3.05) is 13.6 Å². The molecule has 0 fully saturated rings. The van der Waals surface area contributed by atoms with E-state index in [1.807, 2.05) is 20.8 Å². The summed E-state index contributed by atoms with van der Waals surface area (Å²) in [6, 6.07) is 11.0. The molecule has 0 unspecified atom stereocenters. The maximum Gasteiger partial charge on any atom is 0.243 e. The second-order valence-electron chi connectivity index (χ2n) is 8.22. The summed E-state index contributed by atoms with van der Waals surface area (Å²) in [5, 5.41) is 2.85. The number of amides is 2. The molecule has 0 spiro atoms. The lowest BCUT2D eigenvalue weighted by Crippen LogP contribution is -2.51. The SMILES string of the molecule is CC[C@H](C)NC(=O)[C@H](C)N(Cc1ccc(F)cc1)C(=O)CN(C)S(=O)(=O)c1ccc(C)cc1. The van der Waals surface area contributed by atoms with Crippen LogP contribution in [0, 0.1) is 12.7 Å². The van der Waals surface area contributed by atoms with Crippen LogP contribution >= 0.6 is 0 Å². The number of nitrogens with zero attached hydrogens (tertiary/aromatic N) is 2. The van der Waals surface area contributed by atoms with Gasteiger partial charge in [-0.05, 0) is 57.0 Å². The zero-order valence-electron chi connectivity index (χ0n) is 19.7. The minimum absolute atomic E-state index is 0.0344. The molecular formula is C24H32FN3O4S. The number of aryl methyl sites for hydroxylation is 1. The van der Waals surface area contributed by atoms with Gasteiger partial charge >= 0.3 is 0 Å².